The first-order valence-electron chi connectivity index (χ1n) is 8.59. The topological polar surface area (TPSA) is 79.3 Å². The Bertz CT molecular complexity index is 747. The summed E-state index contributed by atoms with van der Waals surface area (Å²) in [5, 5.41) is 15.9. The molecule has 3 N–H and O–H groups in total. The maximum absolute atomic E-state index is 14.0. The van der Waals surface area contributed by atoms with E-state index in [4.69, 9.17) is 4.65 Å². The normalized spacial score (nSPS) is 14.3. The Hall–Kier alpha value is -2.19. The molecule has 1 aromatic heterocycles. The first-order chi connectivity index (χ1) is 12.1. The molecule has 0 spiro atoms. The summed E-state index contributed by atoms with van der Waals surface area (Å²) in [7, 11) is -0.869. The van der Waals surface area contributed by atoms with Crippen LogP contribution >= 0.6 is 0 Å². The van der Waals surface area contributed by atoms with Crippen molar-refractivity contribution in [1.29, 1.82) is 0 Å². The fourth-order valence-corrected chi connectivity index (χ4v) is 2.89. The van der Waals surface area contributed by atoms with Gasteiger partial charge >= 0.3 is 7.12 Å². The van der Waals surface area contributed by atoms with E-state index in [0.717, 1.165) is 42.2 Å². The van der Waals surface area contributed by atoms with Crippen molar-refractivity contribution in [3.05, 3.63) is 35.8 Å². The molecule has 2 heterocycles. The minimum absolute atomic E-state index is 0.181. The average molecular weight is 344 g/mol. The molecule has 1 aliphatic heterocycles. The molecule has 0 bridgehead atoms. The molecule has 0 saturated heterocycles. The number of hydrogen-bond donors (Lipinski definition) is 3. The number of halogens is 1. The van der Waals surface area contributed by atoms with E-state index in [0.29, 0.717) is 12.6 Å². The molecule has 1 aromatic carbocycles. The molecule has 1 atom stereocenters. The Morgan fingerprint density at radius 2 is 2.24 bits per heavy atom. The van der Waals surface area contributed by atoms with E-state index in [-0.39, 0.29) is 11.9 Å². The highest BCUT2D eigenvalue weighted by atomic mass is 19.1. The van der Waals surface area contributed by atoms with Crippen LogP contribution in [0.25, 0.3) is 0 Å². The minimum atomic E-state index is -0.869. The zero-order chi connectivity index (χ0) is 17.8. The molecule has 0 fully saturated rings. The number of rotatable bonds is 7. The van der Waals surface area contributed by atoms with Crippen LogP contribution in [0.1, 0.15) is 38.7 Å². The van der Waals surface area contributed by atoms with Gasteiger partial charge in [0.25, 0.3) is 0 Å². The van der Waals surface area contributed by atoms with E-state index in [1.165, 1.54) is 0 Å². The maximum atomic E-state index is 14.0. The largest absolute Gasteiger partial charge is 0.491 e. The van der Waals surface area contributed by atoms with E-state index < -0.39 is 12.9 Å². The van der Waals surface area contributed by atoms with Gasteiger partial charge in [0.15, 0.2) is 11.6 Å². The molecule has 0 saturated carbocycles. The lowest BCUT2D eigenvalue weighted by molar-refractivity contribution is 0.275. The van der Waals surface area contributed by atoms with E-state index in [9.17, 15) is 9.41 Å². The summed E-state index contributed by atoms with van der Waals surface area (Å²) in [6, 6.07) is 5.66. The molecule has 0 amide bonds. The number of fused-ring (bicyclic) bond motifs is 1. The van der Waals surface area contributed by atoms with E-state index in [1.54, 1.807) is 6.07 Å². The number of nitrogens with zero attached hydrogens (tertiary/aromatic N) is 2. The second-order valence-corrected chi connectivity index (χ2v) is 6.13. The van der Waals surface area contributed by atoms with Crippen molar-refractivity contribution in [2.75, 3.05) is 10.6 Å². The van der Waals surface area contributed by atoms with Crippen LogP contribution in [-0.4, -0.2) is 28.2 Å². The van der Waals surface area contributed by atoms with Crippen molar-refractivity contribution in [3.63, 3.8) is 0 Å². The average Bonchev–Trinajstić information content (AvgIpc) is 2.98. The van der Waals surface area contributed by atoms with E-state index in [2.05, 4.69) is 34.4 Å². The van der Waals surface area contributed by atoms with Crippen molar-refractivity contribution >= 4 is 30.0 Å². The Balaban J connectivity index is 1.76. The van der Waals surface area contributed by atoms with Crippen LogP contribution in [0.2, 0.25) is 0 Å². The molecule has 8 heteroatoms. The van der Waals surface area contributed by atoms with Gasteiger partial charge in [0, 0.05) is 11.7 Å². The van der Waals surface area contributed by atoms with Gasteiger partial charge in [-0.3, -0.25) is 0 Å². The number of nitrogens with one attached hydrogen (secondary N) is 2. The Morgan fingerprint density at radius 1 is 1.40 bits per heavy atom. The second-order valence-electron chi connectivity index (χ2n) is 6.13. The van der Waals surface area contributed by atoms with Crippen LogP contribution in [-0.2, 0) is 11.3 Å². The standard InChI is InChI=1S/C17H22BFN4O2/c1-3-5-12(4-2)21-16-15(19)9-20-17(23-16)22-13-6-7-14-11(8-13)10-25-18(14)24/h6-9,12,24H,3-5,10H2,1-2H3,(H2,20,21,22,23). The predicted octanol–water partition coefficient (Wildman–Crippen LogP) is 2.57. The zero-order valence-corrected chi connectivity index (χ0v) is 14.4. The number of benzene rings is 1. The monoisotopic (exact) mass is 344 g/mol. The van der Waals surface area contributed by atoms with Crippen LogP contribution in [0.4, 0.5) is 21.8 Å². The third-order valence-corrected chi connectivity index (χ3v) is 4.28. The molecule has 3 rings (SSSR count). The fraction of sp³-hybridized carbons (Fsp3) is 0.412. The lowest BCUT2D eigenvalue weighted by Crippen LogP contribution is -2.27. The van der Waals surface area contributed by atoms with Gasteiger partial charge in [0.05, 0.1) is 12.8 Å². The summed E-state index contributed by atoms with van der Waals surface area (Å²) < 4.78 is 19.2. The SMILES string of the molecule is CCCC(CC)Nc1nc(Nc2ccc3c(c2)COB3O)ncc1F. The lowest BCUT2D eigenvalue weighted by Gasteiger charge is -2.17. The predicted molar refractivity (Wildman–Crippen MR) is 96.7 cm³/mol. The van der Waals surface area contributed by atoms with Gasteiger partial charge in [0.2, 0.25) is 5.95 Å². The van der Waals surface area contributed by atoms with Crippen LogP contribution in [0, 0.1) is 5.82 Å². The molecule has 0 aliphatic carbocycles. The Morgan fingerprint density at radius 3 is 3.00 bits per heavy atom. The maximum Gasteiger partial charge on any atom is 0.491 e. The van der Waals surface area contributed by atoms with Gasteiger partial charge < -0.3 is 20.3 Å². The quantitative estimate of drug-likeness (QED) is 0.670. The summed E-state index contributed by atoms with van der Waals surface area (Å²) in [4.78, 5) is 8.26. The third kappa shape index (κ3) is 4.08. The molecule has 132 valence electrons. The minimum Gasteiger partial charge on any atom is -0.423 e. The van der Waals surface area contributed by atoms with E-state index in [1.807, 2.05) is 12.1 Å². The number of aromatic nitrogens is 2. The van der Waals surface area contributed by atoms with Gasteiger partial charge in [-0.05, 0) is 36.0 Å². The molecular weight excluding hydrogens is 322 g/mol. The summed E-state index contributed by atoms with van der Waals surface area (Å²) in [5.41, 5.74) is 2.43. The molecule has 1 unspecified atom stereocenters. The first kappa shape index (κ1) is 17.6. The number of anilines is 3. The third-order valence-electron chi connectivity index (χ3n) is 4.28. The highest BCUT2D eigenvalue weighted by Gasteiger charge is 2.27. The second kappa shape index (κ2) is 7.80. The molecule has 2 aromatic rings. The van der Waals surface area contributed by atoms with Crippen LogP contribution < -0.4 is 16.1 Å². The lowest BCUT2D eigenvalue weighted by atomic mass is 9.79. The summed E-state index contributed by atoms with van der Waals surface area (Å²) >= 11 is 0. The van der Waals surface area contributed by atoms with Crippen LogP contribution in [0.3, 0.4) is 0 Å². The fourth-order valence-electron chi connectivity index (χ4n) is 2.89. The molecule has 25 heavy (non-hydrogen) atoms. The summed E-state index contributed by atoms with van der Waals surface area (Å²) in [6.07, 6.45) is 4.03. The molecular formula is C17H22BFN4O2. The first-order valence-corrected chi connectivity index (χ1v) is 8.59. The van der Waals surface area contributed by atoms with Crippen molar-refractivity contribution in [2.45, 2.75) is 45.8 Å². The van der Waals surface area contributed by atoms with E-state index >= 15 is 0 Å². The molecule has 0 radical (unpaired) electrons. The van der Waals surface area contributed by atoms with Gasteiger partial charge in [-0.1, -0.05) is 26.3 Å². The van der Waals surface area contributed by atoms with Crippen molar-refractivity contribution in [1.82, 2.24) is 9.97 Å². The highest BCUT2D eigenvalue weighted by Crippen LogP contribution is 2.20. The van der Waals surface area contributed by atoms with Gasteiger partial charge in [0.1, 0.15) is 0 Å². The molecule has 6 nitrogen and oxygen atoms in total. The van der Waals surface area contributed by atoms with Crippen molar-refractivity contribution < 1.29 is 14.1 Å². The molecule has 1 aliphatic rings. The summed E-state index contributed by atoms with van der Waals surface area (Å²) in [5.74, 6) is 0.0537. The van der Waals surface area contributed by atoms with Crippen molar-refractivity contribution in [2.24, 2.45) is 0 Å². The van der Waals surface area contributed by atoms with Gasteiger partial charge in [-0.2, -0.15) is 4.98 Å². The number of hydrogen-bond acceptors (Lipinski definition) is 6. The highest BCUT2D eigenvalue weighted by molar-refractivity contribution is 6.61. The smallest absolute Gasteiger partial charge is 0.423 e. The van der Waals surface area contributed by atoms with Gasteiger partial charge in [-0.15, -0.1) is 0 Å². The van der Waals surface area contributed by atoms with Crippen LogP contribution in [0.15, 0.2) is 24.4 Å². The van der Waals surface area contributed by atoms with Crippen molar-refractivity contribution in [3.8, 4) is 0 Å². The Labute approximate surface area is 147 Å². The summed E-state index contributed by atoms with van der Waals surface area (Å²) in [6.45, 7) is 4.52. The van der Waals surface area contributed by atoms with Crippen LogP contribution in [0.5, 0.6) is 0 Å². The Kier molecular flexibility index (Phi) is 5.50. The zero-order valence-electron chi connectivity index (χ0n) is 14.4. The van der Waals surface area contributed by atoms with Gasteiger partial charge in [-0.25, -0.2) is 9.37 Å².